The Labute approximate surface area is 228 Å². The highest BCUT2D eigenvalue weighted by Gasteiger charge is 2.28. The number of nitrogens with one attached hydrogen (secondary N) is 1. The van der Waals surface area contributed by atoms with Gasteiger partial charge < -0.3 is 0 Å². The normalized spacial score (nSPS) is 15.0. The number of nitriles is 1. The largest absolute Gasteiger partial charge is 0.389 e. The lowest BCUT2D eigenvalue weighted by Gasteiger charge is -2.21. The average molecular weight is 550 g/mol. The zero-order valence-electron chi connectivity index (χ0n) is 21.0. The maximum absolute atomic E-state index is 13.0. The van der Waals surface area contributed by atoms with E-state index in [4.69, 9.17) is 5.26 Å². The topological polar surface area (TPSA) is 83.6 Å². The monoisotopic (exact) mass is 549 g/mol. The fraction of sp³-hybridized carbons (Fsp3) is 0.310. The molecule has 0 unspecified atom stereocenters. The van der Waals surface area contributed by atoms with E-state index in [9.17, 15) is 18.0 Å². The molecule has 0 saturated carbocycles. The zero-order chi connectivity index (χ0) is 27.4. The van der Waals surface area contributed by atoms with E-state index in [0.717, 1.165) is 40.1 Å². The van der Waals surface area contributed by atoms with Crippen molar-refractivity contribution < 1.29 is 18.0 Å². The molecule has 5 rings (SSSR count). The minimum atomic E-state index is -4.10. The fourth-order valence-electron chi connectivity index (χ4n) is 4.84. The van der Waals surface area contributed by atoms with Crippen LogP contribution in [0, 0.1) is 17.2 Å². The van der Waals surface area contributed by atoms with Gasteiger partial charge in [0.1, 0.15) is 0 Å². The number of anilines is 1. The number of hydrogen-bond donors (Lipinski definition) is 1. The van der Waals surface area contributed by atoms with Gasteiger partial charge in [-0.3, -0.25) is 14.8 Å². The van der Waals surface area contributed by atoms with Gasteiger partial charge in [0.25, 0.3) is 5.91 Å². The molecule has 1 N–H and O–H groups in total. The minimum absolute atomic E-state index is 0.150. The first-order valence-electron chi connectivity index (χ1n) is 12.7. The molecule has 0 radical (unpaired) electrons. The maximum atomic E-state index is 13.0. The molecule has 200 valence electrons. The van der Waals surface area contributed by atoms with E-state index in [-0.39, 0.29) is 18.2 Å². The molecule has 0 bridgehead atoms. The van der Waals surface area contributed by atoms with Crippen LogP contribution in [0.2, 0.25) is 0 Å². The van der Waals surface area contributed by atoms with Crippen molar-refractivity contribution in [2.24, 2.45) is 5.92 Å². The first-order valence-corrected chi connectivity index (χ1v) is 13.6. The van der Waals surface area contributed by atoms with Gasteiger partial charge in [-0.2, -0.15) is 23.5 Å². The predicted octanol–water partition coefficient (Wildman–Crippen LogP) is 7.02. The van der Waals surface area contributed by atoms with Crippen LogP contribution in [-0.2, 0) is 19.4 Å². The molecular formula is C29H26F3N5OS. The lowest BCUT2D eigenvalue weighted by molar-refractivity contribution is -0.136. The molecule has 0 saturated heterocycles. The van der Waals surface area contributed by atoms with Crippen LogP contribution < -0.4 is 5.32 Å². The third kappa shape index (κ3) is 6.92. The number of nitrogens with zero attached hydrogens (tertiary/aromatic N) is 4. The molecule has 10 heteroatoms. The van der Waals surface area contributed by atoms with Crippen molar-refractivity contribution in [2.75, 3.05) is 5.32 Å². The SMILES string of the molecule is N#Cc1ccc(-c2cnn(Cc3cccc(C(=O)Nc4nc5c(s4)C[C@@H](CCCC(F)(F)F)CC5)c3)c2)cc1. The molecule has 0 fully saturated rings. The second kappa shape index (κ2) is 11.4. The number of fused-ring (bicyclic) bond motifs is 1. The Balaban J connectivity index is 1.19. The molecule has 2 heterocycles. The first-order chi connectivity index (χ1) is 18.8. The van der Waals surface area contributed by atoms with Gasteiger partial charge in [0.05, 0.1) is 30.1 Å². The number of aromatic nitrogens is 3. The Bertz CT molecular complexity index is 1500. The maximum Gasteiger partial charge on any atom is 0.389 e. The number of carbonyl (C=O) groups is 1. The van der Waals surface area contributed by atoms with Crippen molar-refractivity contribution in [3.8, 4) is 17.2 Å². The third-order valence-corrected chi connectivity index (χ3v) is 7.88. The van der Waals surface area contributed by atoms with Crippen molar-refractivity contribution in [3.63, 3.8) is 0 Å². The Kier molecular flexibility index (Phi) is 7.79. The summed E-state index contributed by atoms with van der Waals surface area (Å²) < 4.78 is 39.2. The molecule has 1 aliphatic carbocycles. The smallest absolute Gasteiger partial charge is 0.298 e. The zero-order valence-corrected chi connectivity index (χ0v) is 21.9. The Morgan fingerprint density at radius 2 is 2.00 bits per heavy atom. The summed E-state index contributed by atoms with van der Waals surface area (Å²) in [4.78, 5) is 18.6. The van der Waals surface area contributed by atoms with Gasteiger partial charge in [-0.15, -0.1) is 11.3 Å². The van der Waals surface area contributed by atoms with E-state index in [1.54, 1.807) is 29.1 Å². The van der Waals surface area contributed by atoms with E-state index in [0.29, 0.717) is 35.6 Å². The van der Waals surface area contributed by atoms with Gasteiger partial charge in [-0.05, 0) is 73.4 Å². The quantitative estimate of drug-likeness (QED) is 0.256. The number of benzene rings is 2. The van der Waals surface area contributed by atoms with Crippen LogP contribution in [0.25, 0.3) is 11.1 Å². The summed E-state index contributed by atoms with van der Waals surface area (Å²) in [5.74, 6) is -0.0383. The molecule has 2 aromatic heterocycles. The van der Waals surface area contributed by atoms with Crippen molar-refractivity contribution in [2.45, 2.75) is 51.2 Å². The summed E-state index contributed by atoms with van der Waals surface area (Å²) in [6.45, 7) is 0.485. The number of rotatable bonds is 8. The van der Waals surface area contributed by atoms with Crippen molar-refractivity contribution >= 4 is 22.4 Å². The Morgan fingerprint density at radius 3 is 2.77 bits per heavy atom. The van der Waals surface area contributed by atoms with Gasteiger partial charge >= 0.3 is 6.18 Å². The molecule has 2 aromatic carbocycles. The summed E-state index contributed by atoms with van der Waals surface area (Å²) in [5.41, 5.74) is 4.86. The summed E-state index contributed by atoms with van der Waals surface area (Å²) in [7, 11) is 0. The molecular weight excluding hydrogens is 523 g/mol. The van der Waals surface area contributed by atoms with E-state index in [2.05, 4.69) is 21.5 Å². The molecule has 6 nitrogen and oxygen atoms in total. The third-order valence-electron chi connectivity index (χ3n) is 6.85. The van der Waals surface area contributed by atoms with Crippen LogP contribution in [0.5, 0.6) is 0 Å². The van der Waals surface area contributed by atoms with Crippen molar-refractivity contribution in [1.82, 2.24) is 14.8 Å². The highest BCUT2D eigenvalue weighted by atomic mass is 32.1. The van der Waals surface area contributed by atoms with Gasteiger partial charge in [0.2, 0.25) is 0 Å². The Morgan fingerprint density at radius 1 is 1.18 bits per heavy atom. The van der Waals surface area contributed by atoms with Crippen molar-refractivity contribution in [1.29, 1.82) is 5.26 Å². The van der Waals surface area contributed by atoms with Crippen LogP contribution in [0.15, 0.2) is 60.9 Å². The second-order valence-electron chi connectivity index (χ2n) is 9.78. The standard InChI is InChI=1S/C29H26F3N5OS/c30-29(31,32)12-2-4-19-8-11-25-26(14-19)39-28(35-25)36-27(38)23-5-1-3-21(13-23)17-37-18-24(16-34-37)22-9-6-20(15-33)7-10-22/h1,3,5-7,9-10,13,16,18-19H,2,4,8,11-12,14,17H2,(H,35,36,38)/t19-/m0/s1. The van der Waals surface area contributed by atoms with Crippen LogP contribution in [0.4, 0.5) is 18.3 Å². The number of alkyl halides is 3. The summed E-state index contributed by atoms with van der Waals surface area (Å²) >= 11 is 1.41. The minimum Gasteiger partial charge on any atom is -0.298 e. The summed E-state index contributed by atoms with van der Waals surface area (Å²) in [5, 5.41) is 16.8. The highest BCUT2D eigenvalue weighted by molar-refractivity contribution is 7.15. The Hall–Kier alpha value is -3.97. The van der Waals surface area contributed by atoms with Crippen LogP contribution in [0.1, 0.15) is 57.7 Å². The van der Waals surface area contributed by atoms with Crippen LogP contribution >= 0.6 is 11.3 Å². The average Bonchev–Trinajstić information content (AvgIpc) is 3.54. The van der Waals surface area contributed by atoms with E-state index >= 15 is 0 Å². The molecule has 0 spiro atoms. The summed E-state index contributed by atoms with van der Waals surface area (Å²) in [6.07, 6.45) is 1.81. The highest BCUT2D eigenvalue weighted by Crippen LogP contribution is 2.35. The molecule has 39 heavy (non-hydrogen) atoms. The van der Waals surface area contributed by atoms with Crippen LogP contribution in [0.3, 0.4) is 0 Å². The van der Waals surface area contributed by atoms with Gasteiger partial charge in [-0.25, -0.2) is 4.98 Å². The van der Waals surface area contributed by atoms with Crippen molar-refractivity contribution in [3.05, 3.63) is 88.2 Å². The number of aryl methyl sites for hydroxylation is 1. The van der Waals surface area contributed by atoms with E-state index in [1.807, 2.05) is 36.5 Å². The molecule has 1 atom stereocenters. The van der Waals surface area contributed by atoms with E-state index < -0.39 is 12.6 Å². The van der Waals surface area contributed by atoms with Gasteiger partial charge in [-0.1, -0.05) is 24.3 Å². The molecule has 1 amide bonds. The first kappa shape index (κ1) is 26.6. The fourth-order valence-corrected chi connectivity index (χ4v) is 5.96. The number of halogens is 3. The van der Waals surface area contributed by atoms with Crippen LogP contribution in [-0.4, -0.2) is 26.8 Å². The number of hydrogen-bond acceptors (Lipinski definition) is 5. The molecule has 1 aliphatic rings. The lowest BCUT2D eigenvalue weighted by atomic mass is 9.87. The van der Waals surface area contributed by atoms with E-state index in [1.165, 1.54) is 11.3 Å². The predicted molar refractivity (Wildman–Crippen MR) is 143 cm³/mol. The number of carbonyl (C=O) groups excluding carboxylic acids is 1. The molecule has 0 aliphatic heterocycles. The molecule has 4 aromatic rings. The van der Waals surface area contributed by atoms with Gasteiger partial charge in [0, 0.05) is 28.6 Å². The second-order valence-corrected chi connectivity index (χ2v) is 10.9. The number of amides is 1. The summed E-state index contributed by atoms with van der Waals surface area (Å²) in [6, 6.07) is 16.7. The lowest BCUT2D eigenvalue weighted by Crippen LogP contribution is -2.15. The number of thiazole rings is 1. The van der Waals surface area contributed by atoms with Gasteiger partial charge in [0.15, 0.2) is 5.13 Å².